The minimum Gasteiger partial charge on any atom is -0.508 e. The van der Waals surface area contributed by atoms with Crippen LogP contribution in [0.3, 0.4) is 0 Å². The molecule has 0 bridgehead atoms. The van der Waals surface area contributed by atoms with Gasteiger partial charge in [0, 0.05) is 6.54 Å². The second kappa shape index (κ2) is 5.92. The van der Waals surface area contributed by atoms with Gasteiger partial charge in [-0.05, 0) is 24.1 Å². The predicted molar refractivity (Wildman–Crippen MR) is 63.0 cm³/mol. The summed E-state index contributed by atoms with van der Waals surface area (Å²) in [5, 5.41) is 11.7. The van der Waals surface area contributed by atoms with E-state index in [0.29, 0.717) is 13.0 Å². The molecule has 4 N–H and O–H groups in total. The van der Waals surface area contributed by atoms with Gasteiger partial charge in [-0.15, -0.1) is 6.58 Å². The Labute approximate surface area is 94.8 Å². The van der Waals surface area contributed by atoms with Gasteiger partial charge in [0.25, 0.3) is 0 Å². The van der Waals surface area contributed by atoms with Gasteiger partial charge in [0.1, 0.15) is 5.75 Å². The van der Waals surface area contributed by atoms with Crippen LogP contribution in [0.25, 0.3) is 0 Å². The Balaban J connectivity index is 2.50. The van der Waals surface area contributed by atoms with Crippen LogP contribution in [0.4, 0.5) is 0 Å². The van der Waals surface area contributed by atoms with Crippen molar-refractivity contribution in [3.05, 3.63) is 42.5 Å². The standard InChI is InChI=1S/C12H16N2O2/c1-2-7-14-12(16)11(13)8-9-3-5-10(15)6-4-9/h2-6,11,15H,1,7-8,13H2,(H,14,16)/t11-/m1/s1. The van der Waals surface area contributed by atoms with Gasteiger partial charge in [-0.25, -0.2) is 0 Å². The number of carbonyl (C=O) groups excluding carboxylic acids is 1. The summed E-state index contributed by atoms with van der Waals surface area (Å²) in [4.78, 5) is 11.4. The molecule has 0 spiro atoms. The lowest BCUT2D eigenvalue weighted by atomic mass is 10.1. The third-order valence-corrected chi connectivity index (χ3v) is 2.15. The van der Waals surface area contributed by atoms with E-state index >= 15 is 0 Å². The van der Waals surface area contributed by atoms with Crippen molar-refractivity contribution in [3.8, 4) is 5.75 Å². The van der Waals surface area contributed by atoms with E-state index in [4.69, 9.17) is 10.8 Å². The molecule has 1 atom stereocenters. The lowest BCUT2D eigenvalue weighted by Gasteiger charge is -2.11. The molecular weight excluding hydrogens is 204 g/mol. The zero-order valence-corrected chi connectivity index (χ0v) is 9.02. The van der Waals surface area contributed by atoms with Gasteiger partial charge >= 0.3 is 0 Å². The molecule has 0 aliphatic carbocycles. The SMILES string of the molecule is C=CCNC(=O)[C@H](N)Cc1ccc(O)cc1. The molecule has 0 unspecified atom stereocenters. The Kier molecular flexibility index (Phi) is 4.54. The molecule has 1 aromatic rings. The number of amides is 1. The second-order valence-corrected chi connectivity index (χ2v) is 3.51. The molecule has 1 aromatic carbocycles. The van der Waals surface area contributed by atoms with E-state index < -0.39 is 6.04 Å². The largest absolute Gasteiger partial charge is 0.508 e. The van der Waals surface area contributed by atoms with Crippen LogP contribution in [0, 0.1) is 0 Å². The van der Waals surface area contributed by atoms with E-state index in [-0.39, 0.29) is 11.7 Å². The number of nitrogens with one attached hydrogen (secondary N) is 1. The van der Waals surface area contributed by atoms with Gasteiger partial charge in [-0.3, -0.25) is 4.79 Å². The summed E-state index contributed by atoms with van der Waals surface area (Å²) in [6.07, 6.45) is 2.05. The molecule has 0 radical (unpaired) electrons. The molecule has 0 fully saturated rings. The molecule has 4 heteroatoms. The van der Waals surface area contributed by atoms with Crippen molar-refractivity contribution in [2.24, 2.45) is 5.73 Å². The van der Waals surface area contributed by atoms with E-state index in [9.17, 15) is 4.79 Å². The number of aromatic hydroxyl groups is 1. The Morgan fingerprint density at radius 2 is 2.12 bits per heavy atom. The first-order valence-electron chi connectivity index (χ1n) is 5.05. The van der Waals surface area contributed by atoms with Crippen molar-refractivity contribution in [1.29, 1.82) is 0 Å². The molecule has 0 saturated heterocycles. The summed E-state index contributed by atoms with van der Waals surface area (Å²) in [6, 6.07) is 6.06. The van der Waals surface area contributed by atoms with Crippen LogP contribution < -0.4 is 11.1 Å². The van der Waals surface area contributed by atoms with Crippen LogP contribution in [-0.2, 0) is 11.2 Å². The number of hydrogen-bond acceptors (Lipinski definition) is 3. The zero-order valence-electron chi connectivity index (χ0n) is 9.02. The molecule has 16 heavy (non-hydrogen) atoms. The van der Waals surface area contributed by atoms with Crippen molar-refractivity contribution in [1.82, 2.24) is 5.32 Å². The predicted octanol–water partition coefficient (Wildman–Crippen LogP) is 0.564. The van der Waals surface area contributed by atoms with Crippen LogP contribution in [0.2, 0.25) is 0 Å². The van der Waals surface area contributed by atoms with E-state index in [0.717, 1.165) is 5.56 Å². The van der Waals surface area contributed by atoms with E-state index in [1.54, 1.807) is 30.3 Å². The highest BCUT2D eigenvalue weighted by Crippen LogP contribution is 2.10. The molecule has 1 rings (SSSR count). The van der Waals surface area contributed by atoms with E-state index in [1.807, 2.05) is 0 Å². The molecule has 0 aromatic heterocycles. The van der Waals surface area contributed by atoms with E-state index in [1.165, 1.54) is 0 Å². The first-order valence-corrected chi connectivity index (χ1v) is 5.05. The number of phenolic OH excluding ortho intramolecular Hbond substituents is 1. The Morgan fingerprint density at radius 3 is 2.69 bits per heavy atom. The third kappa shape index (κ3) is 3.74. The molecule has 4 nitrogen and oxygen atoms in total. The summed E-state index contributed by atoms with van der Waals surface area (Å²) in [5.74, 6) is 0.00130. The number of carbonyl (C=O) groups is 1. The highest BCUT2D eigenvalue weighted by atomic mass is 16.3. The maximum Gasteiger partial charge on any atom is 0.237 e. The average Bonchev–Trinajstić information content (AvgIpc) is 2.29. The van der Waals surface area contributed by atoms with Gasteiger partial charge in [0.15, 0.2) is 0 Å². The molecule has 0 aliphatic rings. The molecule has 86 valence electrons. The molecule has 0 aliphatic heterocycles. The van der Waals surface area contributed by atoms with Crippen LogP contribution in [0.1, 0.15) is 5.56 Å². The number of benzene rings is 1. The minimum absolute atomic E-state index is 0.201. The summed E-state index contributed by atoms with van der Waals surface area (Å²) < 4.78 is 0. The maximum absolute atomic E-state index is 11.4. The van der Waals surface area contributed by atoms with Gasteiger partial charge in [0.05, 0.1) is 6.04 Å². The van der Waals surface area contributed by atoms with Gasteiger partial charge < -0.3 is 16.2 Å². The first kappa shape index (κ1) is 12.3. The fourth-order valence-electron chi connectivity index (χ4n) is 1.28. The number of rotatable bonds is 5. The minimum atomic E-state index is -0.579. The highest BCUT2D eigenvalue weighted by molar-refractivity contribution is 5.81. The normalized spacial score (nSPS) is 11.8. The summed E-state index contributed by atoms with van der Waals surface area (Å²) >= 11 is 0. The maximum atomic E-state index is 11.4. The Bertz CT molecular complexity index is 360. The van der Waals surface area contributed by atoms with E-state index in [2.05, 4.69) is 11.9 Å². The zero-order chi connectivity index (χ0) is 12.0. The third-order valence-electron chi connectivity index (χ3n) is 2.15. The number of nitrogens with two attached hydrogens (primary N) is 1. The summed E-state index contributed by atoms with van der Waals surface area (Å²) in [7, 11) is 0. The van der Waals surface area contributed by atoms with Gasteiger partial charge in [0.2, 0.25) is 5.91 Å². The van der Waals surface area contributed by atoms with Crippen molar-refractivity contribution < 1.29 is 9.90 Å². The van der Waals surface area contributed by atoms with Crippen molar-refractivity contribution >= 4 is 5.91 Å². The monoisotopic (exact) mass is 220 g/mol. The fraction of sp³-hybridized carbons (Fsp3) is 0.250. The van der Waals surface area contributed by atoms with Crippen LogP contribution in [0.15, 0.2) is 36.9 Å². The lowest BCUT2D eigenvalue weighted by Crippen LogP contribution is -2.42. The molecular formula is C12H16N2O2. The topological polar surface area (TPSA) is 75.4 Å². The summed E-state index contributed by atoms with van der Waals surface area (Å²) in [5.41, 5.74) is 6.64. The fourth-order valence-corrected chi connectivity index (χ4v) is 1.28. The van der Waals surface area contributed by atoms with Gasteiger partial charge in [-0.2, -0.15) is 0 Å². The van der Waals surface area contributed by atoms with Crippen LogP contribution in [0.5, 0.6) is 5.75 Å². The van der Waals surface area contributed by atoms with Gasteiger partial charge in [-0.1, -0.05) is 18.2 Å². The van der Waals surface area contributed by atoms with Crippen molar-refractivity contribution in [2.75, 3.05) is 6.54 Å². The lowest BCUT2D eigenvalue weighted by molar-refractivity contribution is -0.122. The summed E-state index contributed by atoms with van der Waals surface area (Å²) in [6.45, 7) is 3.92. The Morgan fingerprint density at radius 1 is 1.50 bits per heavy atom. The van der Waals surface area contributed by atoms with Crippen molar-refractivity contribution in [2.45, 2.75) is 12.5 Å². The van der Waals surface area contributed by atoms with Crippen LogP contribution in [-0.4, -0.2) is 23.6 Å². The number of phenols is 1. The van der Waals surface area contributed by atoms with Crippen molar-refractivity contribution in [3.63, 3.8) is 0 Å². The quantitative estimate of drug-likeness (QED) is 0.635. The molecule has 0 heterocycles. The highest BCUT2D eigenvalue weighted by Gasteiger charge is 2.12. The Hall–Kier alpha value is -1.81. The second-order valence-electron chi connectivity index (χ2n) is 3.51. The number of hydrogen-bond donors (Lipinski definition) is 3. The average molecular weight is 220 g/mol. The first-order chi connectivity index (χ1) is 7.63. The molecule has 0 saturated carbocycles. The molecule has 1 amide bonds. The van der Waals surface area contributed by atoms with Crippen LogP contribution >= 0.6 is 0 Å². The smallest absolute Gasteiger partial charge is 0.237 e.